The molecule has 1 fully saturated rings. The molecule has 1 aromatic heterocycles. The lowest BCUT2D eigenvalue weighted by Crippen LogP contribution is -2.44. The number of piperidine rings is 1. The van der Waals surface area contributed by atoms with Crippen LogP contribution >= 0.6 is 0 Å². The van der Waals surface area contributed by atoms with Crippen molar-refractivity contribution in [3.63, 3.8) is 0 Å². The highest BCUT2D eigenvalue weighted by Gasteiger charge is 2.31. The summed E-state index contributed by atoms with van der Waals surface area (Å²) in [4.78, 5) is 46.9. The first kappa shape index (κ1) is 23.0. The van der Waals surface area contributed by atoms with Gasteiger partial charge in [-0.15, -0.1) is 0 Å². The zero-order valence-electron chi connectivity index (χ0n) is 20.2. The van der Waals surface area contributed by atoms with Crippen LogP contribution in [0.2, 0.25) is 0 Å². The van der Waals surface area contributed by atoms with E-state index in [9.17, 15) is 14.4 Å². The van der Waals surface area contributed by atoms with E-state index in [0.29, 0.717) is 42.4 Å². The molecular formula is C29H26N4O4. The normalized spacial score (nSPS) is 17.0. The number of amides is 3. The van der Waals surface area contributed by atoms with E-state index < -0.39 is 11.8 Å². The SMILES string of the molecule is O=C(Nc1cccc(C(=O)N2CCc3ccccc32)c1)C(=O)N1CCCC(c2nc3ccccc3o2)C1. The summed E-state index contributed by atoms with van der Waals surface area (Å²) in [6.07, 6.45) is 2.40. The van der Waals surface area contributed by atoms with Crippen LogP contribution in [0, 0.1) is 0 Å². The Labute approximate surface area is 213 Å². The maximum atomic E-state index is 13.2. The zero-order valence-corrected chi connectivity index (χ0v) is 20.2. The lowest BCUT2D eigenvalue weighted by atomic mass is 9.98. The van der Waals surface area contributed by atoms with Crippen molar-refractivity contribution in [2.75, 3.05) is 29.9 Å². The van der Waals surface area contributed by atoms with Gasteiger partial charge in [0.05, 0.1) is 5.92 Å². The van der Waals surface area contributed by atoms with Crippen molar-refractivity contribution in [2.45, 2.75) is 25.2 Å². The summed E-state index contributed by atoms with van der Waals surface area (Å²) in [5.41, 5.74) is 4.41. The molecule has 0 saturated carbocycles. The van der Waals surface area contributed by atoms with Gasteiger partial charge < -0.3 is 19.5 Å². The van der Waals surface area contributed by atoms with Crippen LogP contribution in [-0.4, -0.2) is 47.2 Å². The van der Waals surface area contributed by atoms with Crippen LogP contribution in [0.1, 0.15) is 40.6 Å². The van der Waals surface area contributed by atoms with Crippen molar-refractivity contribution in [2.24, 2.45) is 0 Å². The summed E-state index contributed by atoms with van der Waals surface area (Å²) in [5, 5.41) is 2.68. The molecule has 8 nitrogen and oxygen atoms in total. The van der Waals surface area contributed by atoms with E-state index in [0.717, 1.165) is 36.0 Å². The molecule has 3 aromatic carbocycles. The Morgan fingerprint density at radius 2 is 1.78 bits per heavy atom. The molecule has 2 aliphatic heterocycles. The van der Waals surface area contributed by atoms with Gasteiger partial charge in [-0.2, -0.15) is 0 Å². The molecule has 3 amide bonds. The Morgan fingerprint density at radius 1 is 0.946 bits per heavy atom. The number of hydrogen-bond donors (Lipinski definition) is 1. The maximum absolute atomic E-state index is 13.2. The molecule has 6 rings (SSSR count). The maximum Gasteiger partial charge on any atom is 0.313 e. The fourth-order valence-corrected chi connectivity index (χ4v) is 5.19. The van der Waals surface area contributed by atoms with Crippen LogP contribution in [0.3, 0.4) is 0 Å². The Bertz CT molecular complexity index is 1480. The van der Waals surface area contributed by atoms with Crippen molar-refractivity contribution in [1.29, 1.82) is 0 Å². The number of benzene rings is 3. The average molecular weight is 495 g/mol. The third-order valence-electron chi connectivity index (χ3n) is 7.06. The number of likely N-dealkylation sites (tertiary alicyclic amines) is 1. The Morgan fingerprint density at radius 3 is 2.68 bits per heavy atom. The summed E-state index contributed by atoms with van der Waals surface area (Å²) in [6.45, 7) is 1.48. The number of aromatic nitrogens is 1. The molecule has 1 unspecified atom stereocenters. The molecule has 0 spiro atoms. The summed E-state index contributed by atoms with van der Waals surface area (Å²) < 4.78 is 5.91. The second-order valence-corrected chi connectivity index (χ2v) is 9.48. The Kier molecular flexibility index (Phi) is 5.92. The smallest absolute Gasteiger partial charge is 0.313 e. The van der Waals surface area contributed by atoms with Crippen LogP contribution < -0.4 is 10.2 Å². The van der Waals surface area contributed by atoms with Gasteiger partial charge in [0, 0.05) is 36.6 Å². The number of nitrogens with zero attached hydrogens (tertiary/aromatic N) is 3. The summed E-state index contributed by atoms with van der Waals surface area (Å²) in [6, 6.07) is 22.1. The van der Waals surface area contributed by atoms with E-state index in [4.69, 9.17) is 4.42 Å². The minimum atomic E-state index is -0.727. The monoisotopic (exact) mass is 494 g/mol. The number of nitrogens with one attached hydrogen (secondary N) is 1. The van der Waals surface area contributed by atoms with Crippen molar-refractivity contribution in [3.8, 4) is 0 Å². The number of fused-ring (bicyclic) bond motifs is 2. The number of oxazole rings is 1. The highest BCUT2D eigenvalue weighted by atomic mass is 16.3. The first-order chi connectivity index (χ1) is 18.1. The fraction of sp³-hybridized carbons (Fsp3) is 0.241. The second-order valence-electron chi connectivity index (χ2n) is 9.48. The van der Waals surface area contributed by atoms with Crippen LogP contribution in [0.25, 0.3) is 11.1 Å². The predicted molar refractivity (Wildman–Crippen MR) is 139 cm³/mol. The topological polar surface area (TPSA) is 95.8 Å². The molecule has 0 bridgehead atoms. The Hall–Kier alpha value is -4.46. The molecule has 0 radical (unpaired) electrons. The minimum Gasteiger partial charge on any atom is -0.440 e. The summed E-state index contributed by atoms with van der Waals surface area (Å²) in [5.74, 6) is -0.944. The number of carbonyl (C=O) groups is 3. The van der Waals surface area contributed by atoms with Gasteiger partial charge in [0.2, 0.25) is 0 Å². The molecular weight excluding hydrogens is 468 g/mol. The van der Waals surface area contributed by atoms with E-state index in [-0.39, 0.29) is 11.8 Å². The summed E-state index contributed by atoms with van der Waals surface area (Å²) >= 11 is 0. The zero-order chi connectivity index (χ0) is 25.4. The van der Waals surface area contributed by atoms with E-state index in [2.05, 4.69) is 10.3 Å². The van der Waals surface area contributed by atoms with Crippen molar-refractivity contribution in [1.82, 2.24) is 9.88 Å². The number of carbonyl (C=O) groups excluding carboxylic acids is 3. The van der Waals surface area contributed by atoms with Crippen molar-refractivity contribution < 1.29 is 18.8 Å². The van der Waals surface area contributed by atoms with Crippen LogP contribution in [0.4, 0.5) is 11.4 Å². The first-order valence-electron chi connectivity index (χ1n) is 12.5. The van der Waals surface area contributed by atoms with Gasteiger partial charge in [-0.25, -0.2) is 4.98 Å². The van der Waals surface area contributed by atoms with E-state index >= 15 is 0 Å². The van der Waals surface area contributed by atoms with Crippen LogP contribution in [-0.2, 0) is 16.0 Å². The summed E-state index contributed by atoms with van der Waals surface area (Å²) in [7, 11) is 0. The molecule has 4 aromatic rings. The third-order valence-corrected chi connectivity index (χ3v) is 7.06. The van der Waals surface area contributed by atoms with Gasteiger partial charge in [-0.1, -0.05) is 36.4 Å². The highest BCUT2D eigenvalue weighted by molar-refractivity contribution is 6.39. The van der Waals surface area contributed by atoms with Gasteiger partial charge >= 0.3 is 11.8 Å². The largest absolute Gasteiger partial charge is 0.440 e. The van der Waals surface area contributed by atoms with E-state index in [1.165, 1.54) is 0 Å². The number of para-hydroxylation sites is 3. The molecule has 37 heavy (non-hydrogen) atoms. The van der Waals surface area contributed by atoms with E-state index in [1.54, 1.807) is 34.1 Å². The predicted octanol–water partition coefficient (Wildman–Crippen LogP) is 4.38. The van der Waals surface area contributed by atoms with Crippen molar-refractivity contribution in [3.05, 3.63) is 89.8 Å². The fourth-order valence-electron chi connectivity index (χ4n) is 5.19. The van der Waals surface area contributed by atoms with Gasteiger partial charge in [0.1, 0.15) is 5.52 Å². The third kappa shape index (κ3) is 4.46. The standard InChI is InChI=1S/C29H26N4O4/c34-26(29(36)32-15-6-9-21(18-32)27-31-23-11-2-4-13-25(23)37-27)30-22-10-5-8-20(17-22)28(35)33-16-14-19-7-1-3-12-24(19)33/h1-5,7-8,10-13,17,21H,6,9,14-16,18H2,(H,30,34). The highest BCUT2D eigenvalue weighted by Crippen LogP contribution is 2.30. The second kappa shape index (κ2) is 9.54. The first-order valence-corrected chi connectivity index (χ1v) is 12.5. The molecule has 8 heteroatoms. The number of anilines is 2. The lowest BCUT2D eigenvalue weighted by Gasteiger charge is -2.30. The molecule has 2 aliphatic rings. The van der Waals surface area contributed by atoms with Gasteiger partial charge in [-0.3, -0.25) is 14.4 Å². The van der Waals surface area contributed by atoms with Crippen LogP contribution in [0.5, 0.6) is 0 Å². The van der Waals surface area contributed by atoms with Crippen LogP contribution in [0.15, 0.2) is 77.2 Å². The molecule has 186 valence electrons. The Balaban J connectivity index is 1.12. The lowest BCUT2D eigenvalue weighted by molar-refractivity contribution is -0.144. The van der Waals surface area contributed by atoms with E-state index in [1.807, 2.05) is 48.5 Å². The molecule has 3 heterocycles. The molecule has 1 N–H and O–H groups in total. The van der Waals surface area contributed by atoms with Gasteiger partial charge in [0.15, 0.2) is 11.5 Å². The molecule has 1 atom stereocenters. The molecule has 1 saturated heterocycles. The number of rotatable bonds is 3. The van der Waals surface area contributed by atoms with Gasteiger partial charge in [-0.05, 0) is 61.2 Å². The molecule has 0 aliphatic carbocycles. The van der Waals surface area contributed by atoms with Gasteiger partial charge in [0.25, 0.3) is 5.91 Å². The van der Waals surface area contributed by atoms with Crippen molar-refractivity contribution >= 4 is 40.2 Å². The number of hydrogen-bond acceptors (Lipinski definition) is 5. The average Bonchev–Trinajstić information content (AvgIpc) is 3.57. The quantitative estimate of drug-likeness (QED) is 0.427. The minimum absolute atomic E-state index is 0.0674.